The van der Waals surface area contributed by atoms with Crippen LogP contribution in [0.15, 0.2) is 30.3 Å². The van der Waals surface area contributed by atoms with Crippen molar-refractivity contribution in [3.63, 3.8) is 0 Å². The predicted octanol–water partition coefficient (Wildman–Crippen LogP) is 4.35. The van der Waals surface area contributed by atoms with Crippen molar-refractivity contribution >= 4 is 11.6 Å². The van der Waals surface area contributed by atoms with Crippen molar-refractivity contribution in [3.8, 4) is 0 Å². The lowest BCUT2D eigenvalue weighted by molar-refractivity contribution is -0.0367. The lowest BCUT2D eigenvalue weighted by Gasteiger charge is -2.43. The second kappa shape index (κ2) is 8.34. The molecule has 1 aromatic heterocycles. The molecule has 0 bridgehead atoms. The van der Waals surface area contributed by atoms with E-state index in [1.54, 1.807) is 0 Å². The minimum atomic E-state index is 0.471. The Kier molecular flexibility index (Phi) is 5.86. The van der Waals surface area contributed by atoms with Crippen molar-refractivity contribution in [1.82, 2.24) is 14.7 Å². The third-order valence-corrected chi connectivity index (χ3v) is 6.63. The van der Waals surface area contributed by atoms with Crippen molar-refractivity contribution < 1.29 is 4.74 Å². The molecule has 1 saturated carbocycles. The van der Waals surface area contributed by atoms with Gasteiger partial charge in [-0.1, -0.05) is 23.7 Å². The van der Waals surface area contributed by atoms with Gasteiger partial charge in [0.2, 0.25) is 0 Å². The predicted molar refractivity (Wildman–Crippen MR) is 109 cm³/mol. The monoisotopic (exact) mass is 387 g/mol. The van der Waals surface area contributed by atoms with Gasteiger partial charge in [-0.3, -0.25) is 9.58 Å². The number of halogens is 1. The van der Waals surface area contributed by atoms with Crippen LogP contribution in [0.2, 0.25) is 5.02 Å². The van der Waals surface area contributed by atoms with Crippen LogP contribution in [0.4, 0.5) is 0 Å². The number of benzene rings is 1. The highest BCUT2D eigenvalue weighted by molar-refractivity contribution is 6.30. The number of morpholine rings is 1. The largest absolute Gasteiger partial charge is 0.378 e. The second-order valence-corrected chi connectivity index (χ2v) is 8.57. The van der Waals surface area contributed by atoms with E-state index in [0.717, 1.165) is 31.2 Å². The summed E-state index contributed by atoms with van der Waals surface area (Å²) >= 11 is 6.04. The van der Waals surface area contributed by atoms with Crippen LogP contribution in [-0.2, 0) is 18.2 Å². The Morgan fingerprint density at radius 2 is 1.89 bits per heavy atom. The molecule has 2 aromatic rings. The summed E-state index contributed by atoms with van der Waals surface area (Å²) in [6.07, 6.45) is 6.05. The molecule has 0 spiro atoms. The zero-order chi connectivity index (χ0) is 18.8. The van der Waals surface area contributed by atoms with Crippen molar-refractivity contribution in [1.29, 1.82) is 0 Å². The van der Waals surface area contributed by atoms with Crippen LogP contribution in [0, 0.1) is 6.92 Å². The van der Waals surface area contributed by atoms with Crippen molar-refractivity contribution in [2.45, 2.75) is 57.0 Å². The van der Waals surface area contributed by atoms with Crippen LogP contribution in [0.25, 0.3) is 0 Å². The van der Waals surface area contributed by atoms with Gasteiger partial charge < -0.3 is 4.74 Å². The van der Waals surface area contributed by atoms with Crippen LogP contribution < -0.4 is 0 Å². The van der Waals surface area contributed by atoms with E-state index in [9.17, 15) is 0 Å². The van der Waals surface area contributed by atoms with Crippen molar-refractivity contribution in [2.24, 2.45) is 7.05 Å². The number of hydrogen-bond donors (Lipinski definition) is 0. The van der Waals surface area contributed by atoms with Gasteiger partial charge in [0.05, 0.1) is 18.9 Å². The molecule has 27 heavy (non-hydrogen) atoms. The van der Waals surface area contributed by atoms with E-state index in [0.29, 0.717) is 18.0 Å². The fraction of sp³-hybridized carbons (Fsp3) is 0.591. The van der Waals surface area contributed by atoms with Crippen molar-refractivity contribution in [3.05, 3.63) is 52.3 Å². The fourth-order valence-electron chi connectivity index (χ4n) is 4.71. The Labute approximate surface area is 167 Å². The molecule has 0 N–H and O–H groups in total. The number of ether oxygens (including phenoxy) is 1. The molecule has 146 valence electrons. The van der Waals surface area contributed by atoms with Gasteiger partial charge in [0.15, 0.2) is 0 Å². The van der Waals surface area contributed by atoms with Crippen LogP contribution >= 0.6 is 11.6 Å². The van der Waals surface area contributed by atoms with Gasteiger partial charge in [-0.25, -0.2) is 0 Å². The maximum atomic E-state index is 6.04. The molecule has 1 aromatic carbocycles. The Balaban J connectivity index is 1.38. The zero-order valence-electron chi connectivity index (χ0n) is 16.4. The molecule has 4 nitrogen and oxygen atoms in total. The number of hydrogen-bond acceptors (Lipinski definition) is 3. The minimum Gasteiger partial charge on any atom is -0.378 e. The molecule has 4 rings (SSSR count). The van der Waals surface area contributed by atoms with Gasteiger partial charge in [-0.2, -0.15) is 5.10 Å². The third-order valence-electron chi connectivity index (χ3n) is 6.37. The SMILES string of the molecule is Cc1cc(C2CCC(N3CCOCC3Cc3ccc(Cl)cc3)CC2)nn1C. The molecular weight excluding hydrogens is 358 g/mol. The molecule has 1 aliphatic heterocycles. The lowest BCUT2D eigenvalue weighted by Crippen LogP contribution is -2.52. The van der Waals surface area contributed by atoms with Crippen LogP contribution in [0.5, 0.6) is 0 Å². The Morgan fingerprint density at radius 3 is 2.56 bits per heavy atom. The lowest BCUT2D eigenvalue weighted by atomic mass is 9.82. The molecule has 1 saturated heterocycles. The highest BCUT2D eigenvalue weighted by atomic mass is 35.5. The molecule has 2 heterocycles. The zero-order valence-corrected chi connectivity index (χ0v) is 17.2. The first-order chi connectivity index (χ1) is 13.1. The molecule has 0 amide bonds. The molecule has 5 heteroatoms. The Bertz CT molecular complexity index is 730. The van der Waals surface area contributed by atoms with E-state index in [2.05, 4.69) is 30.0 Å². The molecule has 1 aliphatic carbocycles. The Morgan fingerprint density at radius 1 is 1.15 bits per heavy atom. The highest BCUT2D eigenvalue weighted by Gasteiger charge is 2.33. The average molecular weight is 388 g/mol. The summed E-state index contributed by atoms with van der Waals surface area (Å²) in [4.78, 5) is 2.72. The average Bonchev–Trinajstić information content (AvgIpc) is 3.03. The summed E-state index contributed by atoms with van der Waals surface area (Å²) in [5.41, 5.74) is 3.88. The molecule has 1 atom stereocenters. The summed E-state index contributed by atoms with van der Waals surface area (Å²) < 4.78 is 7.83. The van der Waals surface area contributed by atoms with Gasteiger partial charge in [-0.15, -0.1) is 0 Å². The van der Waals surface area contributed by atoms with E-state index in [-0.39, 0.29) is 0 Å². The number of aryl methyl sites for hydroxylation is 2. The summed E-state index contributed by atoms with van der Waals surface area (Å²) in [5.74, 6) is 0.622. The summed E-state index contributed by atoms with van der Waals surface area (Å²) in [5, 5.41) is 5.53. The first-order valence-corrected chi connectivity index (χ1v) is 10.6. The van der Waals surface area contributed by atoms with Crippen LogP contribution in [0.3, 0.4) is 0 Å². The second-order valence-electron chi connectivity index (χ2n) is 8.14. The van der Waals surface area contributed by atoms with Gasteiger partial charge >= 0.3 is 0 Å². The fourth-order valence-corrected chi connectivity index (χ4v) is 4.83. The molecule has 1 unspecified atom stereocenters. The van der Waals surface area contributed by atoms with Crippen molar-refractivity contribution in [2.75, 3.05) is 19.8 Å². The third kappa shape index (κ3) is 4.39. The van der Waals surface area contributed by atoms with E-state index in [1.807, 2.05) is 23.9 Å². The number of rotatable bonds is 4. The van der Waals surface area contributed by atoms with E-state index >= 15 is 0 Å². The Hall–Kier alpha value is -1.36. The smallest absolute Gasteiger partial charge is 0.0658 e. The van der Waals surface area contributed by atoms with E-state index in [4.69, 9.17) is 21.4 Å². The molecule has 2 fully saturated rings. The quantitative estimate of drug-likeness (QED) is 0.781. The van der Waals surface area contributed by atoms with E-state index in [1.165, 1.54) is 42.6 Å². The first-order valence-electron chi connectivity index (χ1n) is 10.2. The van der Waals surface area contributed by atoms with Gasteiger partial charge in [-0.05, 0) is 62.8 Å². The first kappa shape index (κ1) is 19.0. The highest BCUT2D eigenvalue weighted by Crippen LogP contribution is 2.35. The summed E-state index contributed by atoms with van der Waals surface area (Å²) in [7, 11) is 2.04. The number of aromatic nitrogens is 2. The molecule has 0 radical (unpaired) electrons. The van der Waals surface area contributed by atoms with Crippen LogP contribution in [0.1, 0.15) is 48.6 Å². The number of nitrogens with zero attached hydrogens (tertiary/aromatic N) is 3. The minimum absolute atomic E-state index is 0.471. The van der Waals surface area contributed by atoms with Gasteiger partial charge in [0.25, 0.3) is 0 Å². The molecular formula is C22H30ClN3O. The topological polar surface area (TPSA) is 30.3 Å². The van der Waals surface area contributed by atoms with Gasteiger partial charge in [0.1, 0.15) is 0 Å². The van der Waals surface area contributed by atoms with E-state index < -0.39 is 0 Å². The maximum absolute atomic E-state index is 6.04. The van der Waals surface area contributed by atoms with Gasteiger partial charge in [0, 0.05) is 42.3 Å². The molecule has 2 aliphatic rings. The van der Waals surface area contributed by atoms with Crippen LogP contribution in [-0.4, -0.2) is 46.5 Å². The standard InChI is InChI=1S/C22H30ClN3O/c1-16-13-22(24-25(16)2)18-5-9-20(10-6-18)26-11-12-27-15-21(26)14-17-3-7-19(23)8-4-17/h3-4,7-8,13,18,20-21H,5-6,9-12,14-15H2,1-2H3. The normalized spacial score (nSPS) is 27.0. The summed E-state index contributed by atoms with van der Waals surface area (Å²) in [6.45, 7) is 4.88. The maximum Gasteiger partial charge on any atom is 0.0658 e. The summed E-state index contributed by atoms with van der Waals surface area (Å²) in [6, 6.07) is 11.7.